The fourth-order valence-corrected chi connectivity index (χ4v) is 5.48. The van der Waals surface area contributed by atoms with E-state index >= 15 is 0 Å². The zero-order valence-electron chi connectivity index (χ0n) is 23.7. The monoisotopic (exact) mass is 758 g/mol. The van der Waals surface area contributed by atoms with Crippen molar-refractivity contribution in [3.63, 3.8) is 0 Å². The van der Waals surface area contributed by atoms with Crippen molar-refractivity contribution in [3.05, 3.63) is 68.6 Å². The van der Waals surface area contributed by atoms with Gasteiger partial charge in [0.1, 0.15) is 10.1 Å². The second-order valence-corrected chi connectivity index (χ2v) is 13.1. The van der Waals surface area contributed by atoms with Gasteiger partial charge in [0, 0.05) is 44.7 Å². The highest BCUT2D eigenvalue weighted by molar-refractivity contribution is 9.10. The van der Waals surface area contributed by atoms with Gasteiger partial charge in [-0.05, 0) is 50.4 Å². The van der Waals surface area contributed by atoms with Crippen LogP contribution in [-0.2, 0) is 4.57 Å². The third-order valence-electron chi connectivity index (χ3n) is 5.45. The Morgan fingerprint density at radius 3 is 1.17 bits per heavy atom. The molecule has 0 unspecified atom stereocenters. The van der Waals surface area contributed by atoms with E-state index in [2.05, 4.69) is 79.7 Å². The summed E-state index contributed by atoms with van der Waals surface area (Å²) in [5.74, 6) is 1.86. The zero-order valence-corrected chi connectivity index (χ0v) is 29.4. The maximum atomic E-state index is 9.07. The lowest BCUT2D eigenvalue weighted by Gasteiger charge is -2.17. The summed E-state index contributed by atoms with van der Waals surface area (Å²) in [5, 5.41) is 26.3. The molecule has 0 aromatic heterocycles. The lowest BCUT2D eigenvalue weighted by atomic mass is 10.2. The molecule has 0 aliphatic rings. The number of thioether (sulfide) groups is 2. The van der Waals surface area contributed by atoms with Crippen LogP contribution in [0.25, 0.3) is 0 Å². The average Bonchev–Trinajstić information content (AvgIpc) is 2.94. The quantitative estimate of drug-likeness (QED) is 0.0542. The van der Waals surface area contributed by atoms with E-state index in [1.807, 2.05) is 48.5 Å². The van der Waals surface area contributed by atoms with Crippen LogP contribution < -0.4 is 0 Å². The Balaban J connectivity index is 0.000000671. The summed E-state index contributed by atoms with van der Waals surface area (Å²) in [4.78, 5) is 26.3. The zero-order chi connectivity index (χ0) is 31.3. The maximum absolute atomic E-state index is 9.07. The van der Waals surface area contributed by atoms with E-state index in [0.29, 0.717) is 10.1 Å². The normalized spacial score (nSPS) is 12.1. The number of hydrogen-bond acceptors (Lipinski definition) is 9. The van der Waals surface area contributed by atoms with Gasteiger partial charge in [0.05, 0.1) is 0 Å². The Kier molecular flexibility index (Phi) is 23.0. The number of oxime groups is 2. The first-order valence-electron chi connectivity index (χ1n) is 12.9. The fourth-order valence-electron chi connectivity index (χ4n) is 3.15. The molecule has 5 N–H and O–H groups in total. The van der Waals surface area contributed by atoms with Crippen molar-refractivity contribution in [2.45, 2.75) is 27.7 Å². The van der Waals surface area contributed by atoms with Gasteiger partial charge in [-0.2, -0.15) is 0 Å². The van der Waals surface area contributed by atoms with Gasteiger partial charge in [-0.1, -0.05) is 94.1 Å². The van der Waals surface area contributed by atoms with Crippen molar-refractivity contribution in [3.8, 4) is 0 Å². The van der Waals surface area contributed by atoms with Crippen molar-refractivity contribution >= 4 is 73.3 Å². The smallest absolute Gasteiger partial charge is 0.410 e. The molecule has 0 radical (unpaired) electrons. The van der Waals surface area contributed by atoms with Gasteiger partial charge in [-0.25, -0.2) is 4.57 Å². The standard InChI is InChI=1S/2C13H19BrN2OS.H3O4P/c2*1-3-16(4-2)9-10-18-13(15-17)11-5-7-12(14)8-6-11;1-5(2,3)4/h2*5-8,17H,3-4,9-10H2,1-2H3;(H3,1,2,3,4)/b2*15-13+;. The Morgan fingerprint density at radius 1 is 0.683 bits per heavy atom. The van der Waals surface area contributed by atoms with E-state index in [-0.39, 0.29) is 0 Å². The number of rotatable bonds is 12. The van der Waals surface area contributed by atoms with E-state index < -0.39 is 7.82 Å². The molecule has 15 heteroatoms. The summed E-state index contributed by atoms with van der Waals surface area (Å²) in [5.41, 5.74) is 1.90. The number of phosphoric acid groups is 1. The SMILES string of the molecule is CCN(CC)CCS/C(=N/O)c1ccc(Br)cc1.CCN(CC)CCS/C(=N/O)c1ccc(Br)cc1.O=P(O)(O)O. The van der Waals surface area contributed by atoms with E-state index in [1.54, 1.807) is 23.5 Å². The van der Waals surface area contributed by atoms with Gasteiger partial charge < -0.3 is 34.9 Å². The van der Waals surface area contributed by atoms with Crippen LogP contribution >= 0.6 is 63.2 Å². The largest absolute Gasteiger partial charge is 0.466 e. The molecule has 0 amide bonds. The Labute approximate surface area is 268 Å². The number of benzene rings is 2. The molecule has 0 heterocycles. The van der Waals surface area contributed by atoms with Crippen LogP contribution in [-0.4, -0.2) is 95.8 Å². The maximum Gasteiger partial charge on any atom is 0.466 e. The minimum absolute atomic E-state index is 0.676. The number of hydrogen-bond donors (Lipinski definition) is 5. The van der Waals surface area contributed by atoms with Crippen LogP contribution in [0.15, 0.2) is 67.8 Å². The Hall–Kier alpha value is -0.930. The Bertz CT molecular complexity index is 985. The van der Waals surface area contributed by atoms with Gasteiger partial charge in [-0.3, -0.25) is 0 Å². The van der Waals surface area contributed by atoms with Gasteiger partial charge in [-0.15, -0.1) is 23.5 Å². The second-order valence-electron chi connectivity index (χ2n) is 8.09. The summed E-state index contributed by atoms with van der Waals surface area (Å²) in [6, 6.07) is 15.6. The molecule has 2 aromatic carbocycles. The first-order chi connectivity index (χ1) is 19.4. The van der Waals surface area contributed by atoms with Crippen molar-refractivity contribution in [2.24, 2.45) is 10.3 Å². The predicted octanol–water partition coefficient (Wildman–Crippen LogP) is 6.39. The van der Waals surface area contributed by atoms with Crippen molar-refractivity contribution in [1.82, 2.24) is 9.80 Å². The Morgan fingerprint density at radius 2 is 0.951 bits per heavy atom. The lowest BCUT2D eigenvalue weighted by molar-refractivity contribution is 0.275. The molecule has 232 valence electrons. The summed E-state index contributed by atoms with van der Waals surface area (Å²) in [6.45, 7) is 14.9. The molecule has 2 aromatic rings. The minimum Gasteiger partial charge on any atom is -0.410 e. The van der Waals surface area contributed by atoms with Crippen LogP contribution in [0, 0.1) is 0 Å². The summed E-state index contributed by atoms with van der Waals surface area (Å²) < 4.78 is 10.9. The highest BCUT2D eigenvalue weighted by Crippen LogP contribution is 2.25. The third-order valence-corrected chi connectivity index (χ3v) is 8.46. The van der Waals surface area contributed by atoms with Gasteiger partial charge in [0.15, 0.2) is 0 Å². The first-order valence-corrected chi connectivity index (χ1v) is 18.0. The molecular weight excluding hydrogens is 719 g/mol. The molecule has 10 nitrogen and oxygen atoms in total. The van der Waals surface area contributed by atoms with Crippen molar-refractivity contribution < 1.29 is 29.7 Å². The van der Waals surface area contributed by atoms with Crippen LogP contribution in [0.4, 0.5) is 0 Å². The number of halogens is 2. The minimum atomic E-state index is -4.64. The summed E-state index contributed by atoms with van der Waals surface area (Å²) in [6.07, 6.45) is 0. The molecule has 0 saturated carbocycles. The van der Waals surface area contributed by atoms with E-state index in [0.717, 1.165) is 70.8 Å². The molecule has 41 heavy (non-hydrogen) atoms. The third kappa shape index (κ3) is 20.6. The topological polar surface area (TPSA) is 149 Å². The number of nitrogens with zero attached hydrogens (tertiary/aromatic N) is 4. The van der Waals surface area contributed by atoms with Crippen LogP contribution in [0.1, 0.15) is 38.8 Å². The second kappa shape index (κ2) is 23.5. The molecule has 0 spiro atoms. The van der Waals surface area contributed by atoms with Crippen LogP contribution in [0.5, 0.6) is 0 Å². The van der Waals surface area contributed by atoms with Crippen molar-refractivity contribution in [1.29, 1.82) is 0 Å². The van der Waals surface area contributed by atoms with E-state index in [9.17, 15) is 0 Å². The summed E-state index contributed by atoms with van der Waals surface area (Å²) in [7, 11) is -4.64. The molecule has 0 aliphatic carbocycles. The molecule has 0 bridgehead atoms. The average molecular weight is 761 g/mol. The predicted molar refractivity (Wildman–Crippen MR) is 180 cm³/mol. The van der Waals surface area contributed by atoms with Crippen LogP contribution in [0.2, 0.25) is 0 Å². The van der Waals surface area contributed by atoms with E-state index in [1.165, 1.54) is 0 Å². The molecule has 2 rings (SSSR count). The van der Waals surface area contributed by atoms with Gasteiger partial charge in [0.25, 0.3) is 0 Å². The van der Waals surface area contributed by atoms with Crippen molar-refractivity contribution in [2.75, 3.05) is 50.8 Å². The highest BCUT2D eigenvalue weighted by Gasteiger charge is 2.08. The first kappa shape index (κ1) is 40.1. The summed E-state index contributed by atoms with van der Waals surface area (Å²) >= 11 is 9.95. The molecule has 0 saturated heterocycles. The highest BCUT2D eigenvalue weighted by atomic mass is 79.9. The van der Waals surface area contributed by atoms with Gasteiger partial charge >= 0.3 is 7.82 Å². The molecular formula is C26H41Br2N4O6PS2. The van der Waals surface area contributed by atoms with Crippen LogP contribution in [0.3, 0.4) is 0 Å². The van der Waals surface area contributed by atoms with E-state index in [4.69, 9.17) is 29.7 Å². The molecule has 0 atom stereocenters. The molecule has 0 aliphatic heterocycles. The van der Waals surface area contributed by atoms with Gasteiger partial charge in [0.2, 0.25) is 0 Å². The fraction of sp³-hybridized carbons (Fsp3) is 0.462. The lowest BCUT2D eigenvalue weighted by Crippen LogP contribution is -2.25. The molecule has 0 fully saturated rings.